The quantitative estimate of drug-likeness (QED) is 0.907. The number of nitrogens with zero attached hydrogens (tertiary/aromatic N) is 1. The van der Waals surface area contributed by atoms with E-state index in [2.05, 4.69) is 11.4 Å². The first-order valence-electron chi connectivity index (χ1n) is 5.78. The smallest absolute Gasteiger partial charge is 0.126 e. The maximum Gasteiger partial charge on any atom is 0.126 e. The largest absolute Gasteiger partial charge is 0.380 e. The van der Waals surface area contributed by atoms with Crippen molar-refractivity contribution >= 4 is 17.3 Å². The molecule has 2 nitrogen and oxygen atoms in total. The molecule has 0 aliphatic heterocycles. The van der Waals surface area contributed by atoms with Gasteiger partial charge in [-0.05, 0) is 42.3 Å². The highest BCUT2D eigenvalue weighted by molar-refractivity contribution is 6.30. The lowest BCUT2D eigenvalue weighted by Crippen LogP contribution is -2.02. The van der Waals surface area contributed by atoms with Gasteiger partial charge in [0.25, 0.3) is 0 Å². The molecule has 0 heterocycles. The summed E-state index contributed by atoms with van der Waals surface area (Å²) in [6, 6.07) is 12.1. The van der Waals surface area contributed by atoms with Crippen LogP contribution in [0.2, 0.25) is 5.02 Å². The van der Waals surface area contributed by atoms with Crippen molar-refractivity contribution in [2.24, 2.45) is 0 Å². The first-order valence-corrected chi connectivity index (χ1v) is 6.16. The summed E-state index contributed by atoms with van der Waals surface area (Å²) in [5.41, 5.74) is 2.76. The summed E-state index contributed by atoms with van der Waals surface area (Å²) >= 11 is 5.90. The summed E-state index contributed by atoms with van der Waals surface area (Å²) in [5, 5.41) is 12.7. The van der Waals surface area contributed by atoms with Gasteiger partial charge >= 0.3 is 0 Å². The molecule has 0 bridgehead atoms. The SMILES string of the molecule is Cc1cc(CNc2cc(Cl)ccc2C#N)ccc1F. The van der Waals surface area contributed by atoms with E-state index in [0.29, 0.717) is 28.4 Å². The van der Waals surface area contributed by atoms with Gasteiger partial charge in [0.15, 0.2) is 0 Å². The molecule has 0 aliphatic carbocycles. The number of benzene rings is 2. The van der Waals surface area contributed by atoms with Crippen LogP contribution in [0.1, 0.15) is 16.7 Å². The molecule has 0 saturated heterocycles. The molecule has 19 heavy (non-hydrogen) atoms. The molecule has 96 valence electrons. The van der Waals surface area contributed by atoms with Crippen LogP contribution in [-0.2, 0) is 6.54 Å². The van der Waals surface area contributed by atoms with Crippen LogP contribution >= 0.6 is 11.6 Å². The van der Waals surface area contributed by atoms with Crippen LogP contribution in [0.15, 0.2) is 36.4 Å². The van der Waals surface area contributed by atoms with E-state index in [1.54, 1.807) is 37.3 Å². The average molecular weight is 275 g/mol. The molecule has 4 heteroatoms. The van der Waals surface area contributed by atoms with Crippen molar-refractivity contribution < 1.29 is 4.39 Å². The van der Waals surface area contributed by atoms with Crippen molar-refractivity contribution in [2.45, 2.75) is 13.5 Å². The Bertz CT molecular complexity index is 647. The highest BCUT2D eigenvalue weighted by Crippen LogP contribution is 2.21. The first-order chi connectivity index (χ1) is 9.10. The molecule has 0 saturated carbocycles. The summed E-state index contributed by atoms with van der Waals surface area (Å²) in [6.45, 7) is 2.23. The lowest BCUT2D eigenvalue weighted by molar-refractivity contribution is 0.617. The fourth-order valence-electron chi connectivity index (χ4n) is 1.77. The zero-order valence-corrected chi connectivity index (χ0v) is 11.1. The van der Waals surface area contributed by atoms with Gasteiger partial charge in [0.05, 0.1) is 11.3 Å². The average Bonchev–Trinajstić information content (AvgIpc) is 2.40. The second kappa shape index (κ2) is 5.73. The van der Waals surface area contributed by atoms with E-state index in [4.69, 9.17) is 16.9 Å². The van der Waals surface area contributed by atoms with E-state index < -0.39 is 0 Å². The molecule has 0 fully saturated rings. The van der Waals surface area contributed by atoms with Crippen molar-refractivity contribution in [3.05, 3.63) is 63.9 Å². The van der Waals surface area contributed by atoms with Crippen LogP contribution < -0.4 is 5.32 Å². The van der Waals surface area contributed by atoms with E-state index in [0.717, 1.165) is 5.56 Å². The van der Waals surface area contributed by atoms with Crippen LogP contribution in [-0.4, -0.2) is 0 Å². The van der Waals surface area contributed by atoms with E-state index in [9.17, 15) is 4.39 Å². The number of nitrogens with one attached hydrogen (secondary N) is 1. The Labute approximate surface area is 116 Å². The molecule has 0 spiro atoms. The molecule has 2 aromatic carbocycles. The summed E-state index contributed by atoms with van der Waals surface area (Å²) in [6.07, 6.45) is 0. The second-order valence-electron chi connectivity index (χ2n) is 4.24. The number of halogens is 2. The minimum Gasteiger partial charge on any atom is -0.380 e. The van der Waals surface area contributed by atoms with Crippen LogP contribution in [0, 0.1) is 24.1 Å². The number of rotatable bonds is 3. The lowest BCUT2D eigenvalue weighted by atomic mass is 10.1. The van der Waals surface area contributed by atoms with Crippen LogP contribution in [0.25, 0.3) is 0 Å². The molecule has 0 unspecified atom stereocenters. The highest BCUT2D eigenvalue weighted by Gasteiger charge is 2.04. The maximum atomic E-state index is 13.2. The third kappa shape index (κ3) is 3.24. The van der Waals surface area contributed by atoms with Crippen molar-refractivity contribution in [1.82, 2.24) is 0 Å². The van der Waals surface area contributed by atoms with E-state index in [-0.39, 0.29) is 5.82 Å². The van der Waals surface area contributed by atoms with E-state index in [1.807, 2.05) is 0 Å². The molecule has 0 amide bonds. The third-order valence-corrected chi connectivity index (χ3v) is 3.04. The topological polar surface area (TPSA) is 35.8 Å². The number of aryl methyl sites for hydroxylation is 1. The maximum absolute atomic E-state index is 13.2. The molecule has 0 atom stereocenters. The van der Waals surface area contributed by atoms with Crippen LogP contribution in [0.4, 0.5) is 10.1 Å². The van der Waals surface area contributed by atoms with Gasteiger partial charge in [-0.25, -0.2) is 4.39 Å². The van der Waals surface area contributed by atoms with Crippen molar-refractivity contribution in [1.29, 1.82) is 5.26 Å². The Morgan fingerprint density at radius 3 is 2.74 bits per heavy atom. The van der Waals surface area contributed by atoms with Gasteiger partial charge in [-0.1, -0.05) is 23.7 Å². The zero-order chi connectivity index (χ0) is 13.8. The number of hydrogen-bond acceptors (Lipinski definition) is 2. The van der Waals surface area contributed by atoms with Crippen LogP contribution in [0.5, 0.6) is 0 Å². The summed E-state index contributed by atoms with van der Waals surface area (Å²) in [5.74, 6) is -0.218. The zero-order valence-electron chi connectivity index (χ0n) is 10.4. The number of anilines is 1. The second-order valence-corrected chi connectivity index (χ2v) is 4.68. The Hall–Kier alpha value is -2.05. The number of nitriles is 1. The Morgan fingerprint density at radius 1 is 1.26 bits per heavy atom. The first kappa shape index (κ1) is 13.4. The number of hydrogen-bond donors (Lipinski definition) is 1. The summed E-state index contributed by atoms with van der Waals surface area (Å²) in [7, 11) is 0. The Balaban J connectivity index is 2.16. The van der Waals surface area contributed by atoms with Crippen molar-refractivity contribution in [3.8, 4) is 6.07 Å². The highest BCUT2D eigenvalue weighted by atomic mass is 35.5. The monoisotopic (exact) mass is 274 g/mol. The molecule has 0 radical (unpaired) electrons. The van der Waals surface area contributed by atoms with Crippen molar-refractivity contribution in [2.75, 3.05) is 5.32 Å². The predicted molar refractivity (Wildman–Crippen MR) is 74.6 cm³/mol. The van der Waals surface area contributed by atoms with Gasteiger partial charge < -0.3 is 5.32 Å². The fourth-order valence-corrected chi connectivity index (χ4v) is 1.95. The Morgan fingerprint density at radius 2 is 2.05 bits per heavy atom. The van der Waals surface area contributed by atoms with Crippen molar-refractivity contribution in [3.63, 3.8) is 0 Å². The normalized spacial score (nSPS) is 10.0. The van der Waals surface area contributed by atoms with E-state index >= 15 is 0 Å². The van der Waals surface area contributed by atoms with Gasteiger partial charge in [-0.3, -0.25) is 0 Å². The molecule has 0 aliphatic rings. The third-order valence-electron chi connectivity index (χ3n) is 2.81. The van der Waals surface area contributed by atoms with Gasteiger partial charge in [0.1, 0.15) is 11.9 Å². The van der Waals surface area contributed by atoms with E-state index in [1.165, 1.54) is 6.07 Å². The predicted octanol–water partition coefficient (Wildman–Crippen LogP) is 4.27. The molecular weight excluding hydrogens is 263 g/mol. The van der Waals surface area contributed by atoms with Gasteiger partial charge in [-0.15, -0.1) is 0 Å². The molecule has 2 aromatic rings. The van der Waals surface area contributed by atoms with Gasteiger partial charge in [-0.2, -0.15) is 5.26 Å². The molecule has 2 rings (SSSR count). The minimum atomic E-state index is -0.218. The summed E-state index contributed by atoms with van der Waals surface area (Å²) in [4.78, 5) is 0. The summed E-state index contributed by atoms with van der Waals surface area (Å²) < 4.78 is 13.2. The standard InChI is InChI=1S/C15H12ClFN2/c1-10-6-11(2-5-14(10)17)9-19-15-7-13(16)4-3-12(15)8-18/h2-7,19H,9H2,1H3. The lowest BCUT2D eigenvalue weighted by Gasteiger charge is -2.09. The minimum absolute atomic E-state index is 0.218. The van der Waals surface area contributed by atoms with Gasteiger partial charge in [0.2, 0.25) is 0 Å². The molecule has 0 aromatic heterocycles. The molecule has 1 N–H and O–H groups in total. The van der Waals surface area contributed by atoms with Crippen LogP contribution in [0.3, 0.4) is 0 Å². The molecular formula is C15H12ClFN2. The van der Waals surface area contributed by atoms with Gasteiger partial charge in [0, 0.05) is 11.6 Å². The fraction of sp³-hybridized carbons (Fsp3) is 0.133. The Kier molecular flexibility index (Phi) is 4.03.